The van der Waals surface area contributed by atoms with Gasteiger partial charge in [0, 0.05) is 27.2 Å². The first-order chi connectivity index (χ1) is 23.1. The zero-order chi connectivity index (χ0) is 34.2. The molecule has 5 aromatic carbocycles. The van der Waals surface area contributed by atoms with E-state index in [4.69, 9.17) is 11.6 Å². The number of amides is 3. The molecule has 3 N–H and O–H groups in total. The molecule has 1 unspecified atom stereocenters. The van der Waals surface area contributed by atoms with Crippen molar-refractivity contribution in [2.24, 2.45) is 0 Å². The van der Waals surface area contributed by atoms with Gasteiger partial charge in [-0.25, -0.2) is 17.6 Å². The highest BCUT2D eigenvalue weighted by molar-refractivity contribution is 8.00. The van der Waals surface area contributed by atoms with Crippen LogP contribution in [0.25, 0.3) is 6.08 Å². The quantitative estimate of drug-likeness (QED) is 0.0592. The smallest absolute Gasteiger partial charge is 0.272 e. The molecule has 0 saturated heterocycles. The van der Waals surface area contributed by atoms with Crippen LogP contribution >= 0.6 is 23.4 Å². The number of rotatable bonds is 10. The minimum Gasteiger partial charge on any atom is -0.321 e. The third-order valence-electron chi connectivity index (χ3n) is 6.76. The van der Waals surface area contributed by atoms with E-state index in [0.29, 0.717) is 32.3 Å². The number of hydrogen-bond acceptors (Lipinski definition) is 4. The van der Waals surface area contributed by atoms with E-state index in [-0.39, 0.29) is 11.8 Å². The second-order valence-corrected chi connectivity index (χ2v) is 11.8. The number of hydrogen-bond donors (Lipinski definition) is 3. The first-order valence-electron chi connectivity index (χ1n) is 14.2. The van der Waals surface area contributed by atoms with Gasteiger partial charge in [0.1, 0.15) is 16.6 Å². The largest absolute Gasteiger partial charge is 0.321 e. The fourth-order valence-corrected chi connectivity index (χ4v) is 5.65. The molecule has 0 radical (unpaired) electrons. The lowest BCUT2D eigenvalue weighted by atomic mass is 10.1. The Balaban J connectivity index is 1.35. The Morgan fingerprint density at radius 1 is 0.708 bits per heavy atom. The highest BCUT2D eigenvalue weighted by atomic mass is 35.5. The summed E-state index contributed by atoms with van der Waals surface area (Å²) in [7, 11) is 0. The Morgan fingerprint density at radius 2 is 1.33 bits per heavy atom. The molecule has 5 aromatic rings. The molecule has 0 bridgehead atoms. The van der Waals surface area contributed by atoms with Gasteiger partial charge in [-0.05, 0) is 65.7 Å². The summed E-state index contributed by atoms with van der Waals surface area (Å²) in [6.45, 7) is 0. The van der Waals surface area contributed by atoms with Crippen molar-refractivity contribution in [2.75, 3.05) is 10.6 Å². The Labute approximate surface area is 281 Å². The summed E-state index contributed by atoms with van der Waals surface area (Å²) < 4.78 is 56.2. The summed E-state index contributed by atoms with van der Waals surface area (Å²) in [5.74, 6) is -8.85. The maximum Gasteiger partial charge on any atom is 0.272 e. The Morgan fingerprint density at radius 3 is 1.96 bits per heavy atom. The van der Waals surface area contributed by atoms with Crippen LogP contribution in [-0.2, 0) is 9.59 Å². The Kier molecular flexibility index (Phi) is 10.9. The van der Waals surface area contributed by atoms with Crippen molar-refractivity contribution in [3.05, 3.63) is 166 Å². The van der Waals surface area contributed by atoms with E-state index < -0.39 is 51.9 Å². The molecule has 0 aliphatic heterocycles. The van der Waals surface area contributed by atoms with E-state index in [9.17, 15) is 31.9 Å². The summed E-state index contributed by atoms with van der Waals surface area (Å²) in [4.78, 5) is 40.1. The van der Waals surface area contributed by atoms with Crippen molar-refractivity contribution < 1.29 is 31.9 Å². The third kappa shape index (κ3) is 8.49. The lowest BCUT2D eigenvalue weighted by Gasteiger charge is -2.18. The average molecular weight is 690 g/mol. The maximum atomic E-state index is 14.3. The van der Waals surface area contributed by atoms with Crippen molar-refractivity contribution in [1.82, 2.24) is 5.32 Å². The van der Waals surface area contributed by atoms with Gasteiger partial charge in [0.25, 0.3) is 11.8 Å². The third-order valence-corrected chi connectivity index (χ3v) is 8.26. The van der Waals surface area contributed by atoms with E-state index >= 15 is 0 Å². The van der Waals surface area contributed by atoms with Crippen LogP contribution in [0.1, 0.15) is 26.7 Å². The van der Waals surface area contributed by atoms with Crippen LogP contribution in [0.3, 0.4) is 0 Å². The Bertz CT molecular complexity index is 1970. The highest BCUT2D eigenvalue weighted by Gasteiger charge is 2.27. The van der Waals surface area contributed by atoms with E-state index in [0.717, 1.165) is 11.8 Å². The van der Waals surface area contributed by atoms with Crippen LogP contribution in [0.5, 0.6) is 0 Å². The average Bonchev–Trinajstić information content (AvgIpc) is 3.09. The van der Waals surface area contributed by atoms with Crippen molar-refractivity contribution in [3.8, 4) is 0 Å². The number of benzene rings is 5. The number of anilines is 2. The van der Waals surface area contributed by atoms with Crippen molar-refractivity contribution in [1.29, 1.82) is 0 Å². The molecule has 6 nitrogen and oxygen atoms in total. The van der Waals surface area contributed by atoms with Crippen LogP contribution in [0.4, 0.5) is 28.9 Å². The van der Waals surface area contributed by atoms with Crippen molar-refractivity contribution in [3.63, 3.8) is 0 Å². The molecule has 0 fully saturated rings. The van der Waals surface area contributed by atoms with Gasteiger partial charge in [0.15, 0.2) is 23.3 Å². The lowest BCUT2D eigenvalue weighted by Crippen LogP contribution is -2.30. The van der Waals surface area contributed by atoms with Gasteiger partial charge in [0.05, 0.1) is 0 Å². The molecule has 0 saturated carbocycles. The molecule has 5 rings (SSSR count). The fraction of sp³-hybridized carbons (Fsp3) is 0.0278. The van der Waals surface area contributed by atoms with Gasteiger partial charge in [0.2, 0.25) is 5.91 Å². The van der Waals surface area contributed by atoms with Gasteiger partial charge in [-0.1, -0.05) is 72.3 Å². The Hall–Kier alpha value is -5.39. The molecular weight excluding hydrogens is 666 g/mol. The fourth-order valence-electron chi connectivity index (χ4n) is 4.43. The number of carbonyl (C=O) groups excluding carboxylic acids is 3. The highest BCUT2D eigenvalue weighted by Crippen LogP contribution is 2.37. The summed E-state index contributed by atoms with van der Waals surface area (Å²) in [5.41, 5.74) is 0.402. The number of carbonyl (C=O) groups is 3. The molecule has 0 aromatic heterocycles. The number of nitrogens with one attached hydrogen (secondary N) is 3. The normalized spacial score (nSPS) is 11.8. The SMILES string of the molecule is O=C(Nc1ccc(SC(C(=O)Nc2c(F)c(F)cc(F)c2F)c2ccccc2)cc1)/C(=C/c1cccc(Cl)c1)NC(=O)c1ccccc1. The summed E-state index contributed by atoms with van der Waals surface area (Å²) in [6.07, 6.45) is 1.48. The van der Waals surface area contributed by atoms with Crippen molar-refractivity contribution in [2.45, 2.75) is 10.1 Å². The molecule has 12 heteroatoms. The molecule has 48 heavy (non-hydrogen) atoms. The van der Waals surface area contributed by atoms with E-state index in [2.05, 4.69) is 10.6 Å². The first kappa shape index (κ1) is 34.0. The van der Waals surface area contributed by atoms with Crippen LogP contribution in [0.15, 0.2) is 126 Å². The molecule has 0 aliphatic rings. The molecule has 242 valence electrons. The topological polar surface area (TPSA) is 87.3 Å². The van der Waals surface area contributed by atoms with E-state index in [1.54, 1.807) is 109 Å². The van der Waals surface area contributed by atoms with Gasteiger partial charge in [-0.2, -0.15) is 0 Å². The molecule has 0 aliphatic carbocycles. The number of thioether (sulfide) groups is 1. The van der Waals surface area contributed by atoms with Crippen LogP contribution in [0.2, 0.25) is 5.02 Å². The predicted octanol–water partition coefficient (Wildman–Crippen LogP) is 8.78. The minimum atomic E-state index is -1.73. The zero-order valence-electron chi connectivity index (χ0n) is 24.6. The molecule has 0 heterocycles. The number of halogens is 5. The zero-order valence-corrected chi connectivity index (χ0v) is 26.2. The second kappa shape index (κ2) is 15.5. The second-order valence-electron chi connectivity index (χ2n) is 10.2. The van der Waals surface area contributed by atoms with Gasteiger partial charge >= 0.3 is 0 Å². The summed E-state index contributed by atoms with van der Waals surface area (Å²) in [5, 5.41) is 6.69. The standard InChI is InChI=1S/C36H24ClF4N3O3S/c37-24-13-7-8-21(18-24)19-29(43-34(45)23-11-5-2-6-12-23)35(46)42-25-14-16-26(17-15-25)48-33(22-9-3-1-4-10-22)36(47)44-32-30(40)27(38)20-28(39)31(32)41/h1-20,33H,(H,42,46)(H,43,45)(H,44,47)/b29-19-. The molecule has 0 spiro atoms. The lowest BCUT2D eigenvalue weighted by molar-refractivity contribution is -0.116. The van der Waals surface area contributed by atoms with E-state index in [1.807, 2.05) is 5.32 Å². The molecule has 3 amide bonds. The first-order valence-corrected chi connectivity index (χ1v) is 15.5. The van der Waals surface area contributed by atoms with Gasteiger partial charge < -0.3 is 16.0 Å². The van der Waals surface area contributed by atoms with E-state index in [1.165, 1.54) is 6.08 Å². The summed E-state index contributed by atoms with van der Waals surface area (Å²) in [6, 6.07) is 29.7. The predicted molar refractivity (Wildman–Crippen MR) is 178 cm³/mol. The van der Waals surface area contributed by atoms with Crippen molar-refractivity contribution >= 4 is 58.5 Å². The monoisotopic (exact) mass is 689 g/mol. The molecular formula is C36H24ClF4N3O3S. The molecule has 1 atom stereocenters. The minimum absolute atomic E-state index is 0.0529. The summed E-state index contributed by atoms with van der Waals surface area (Å²) >= 11 is 7.10. The van der Waals surface area contributed by atoms with Gasteiger partial charge in [-0.3, -0.25) is 14.4 Å². The van der Waals surface area contributed by atoms with Crippen LogP contribution in [0, 0.1) is 23.3 Å². The maximum absolute atomic E-state index is 14.3. The van der Waals surface area contributed by atoms with Gasteiger partial charge in [-0.15, -0.1) is 11.8 Å². The van der Waals surface area contributed by atoms with Crippen LogP contribution in [-0.4, -0.2) is 17.7 Å². The van der Waals surface area contributed by atoms with Crippen LogP contribution < -0.4 is 16.0 Å².